The molecule has 1 N–H and O–H groups in total. The van der Waals surface area contributed by atoms with Gasteiger partial charge in [0.2, 0.25) is 0 Å². The SMILES string of the molecule is OCC1CCCCN1CC1CCC(C2CCCCC2)CC1. The molecule has 0 aromatic heterocycles. The number of aliphatic hydroxyl groups is 1. The van der Waals surface area contributed by atoms with Gasteiger partial charge >= 0.3 is 0 Å². The normalized spacial score (nSPS) is 36.7. The number of likely N-dealkylation sites (tertiary alicyclic amines) is 1. The maximum absolute atomic E-state index is 9.56. The monoisotopic (exact) mass is 293 g/mol. The molecule has 0 radical (unpaired) electrons. The smallest absolute Gasteiger partial charge is 0.0586 e. The molecule has 0 bridgehead atoms. The molecule has 2 saturated carbocycles. The van der Waals surface area contributed by atoms with E-state index in [4.69, 9.17) is 0 Å². The van der Waals surface area contributed by atoms with Crippen LogP contribution in [0.1, 0.15) is 77.0 Å². The minimum Gasteiger partial charge on any atom is -0.395 e. The number of nitrogens with zero attached hydrogens (tertiary/aromatic N) is 1. The van der Waals surface area contributed by atoms with E-state index >= 15 is 0 Å². The second-order valence-electron chi connectivity index (χ2n) is 8.01. The average molecular weight is 293 g/mol. The predicted octanol–water partition coefficient (Wildman–Crippen LogP) is 4.22. The van der Waals surface area contributed by atoms with Gasteiger partial charge in [0.25, 0.3) is 0 Å². The fourth-order valence-electron chi connectivity index (χ4n) is 5.29. The van der Waals surface area contributed by atoms with E-state index in [9.17, 15) is 5.11 Å². The van der Waals surface area contributed by atoms with Gasteiger partial charge in [0.05, 0.1) is 6.61 Å². The maximum atomic E-state index is 9.56. The number of piperidine rings is 1. The lowest BCUT2D eigenvalue weighted by Crippen LogP contribution is -2.44. The summed E-state index contributed by atoms with van der Waals surface area (Å²) in [4.78, 5) is 2.61. The Morgan fingerprint density at radius 2 is 1.38 bits per heavy atom. The van der Waals surface area contributed by atoms with Crippen LogP contribution in [-0.2, 0) is 0 Å². The zero-order valence-electron chi connectivity index (χ0n) is 13.8. The molecular weight excluding hydrogens is 258 g/mol. The molecule has 21 heavy (non-hydrogen) atoms. The van der Waals surface area contributed by atoms with Gasteiger partial charge in [0, 0.05) is 12.6 Å². The van der Waals surface area contributed by atoms with E-state index in [0.29, 0.717) is 12.6 Å². The summed E-state index contributed by atoms with van der Waals surface area (Å²) in [5, 5.41) is 9.56. The van der Waals surface area contributed by atoms with Gasteiger partial charge in [-0.3, -0.25) is 4.90 Å². The van der Waals surface area contributed by atoms with E-state index in [-0.39, 0.29) is 0 Å². The van der Waals surface area contributed by atoms with Gasteiger partial charge in [-0.05, 0) is 62.8 Å². The Balaban J connectivity index is 1.42. The molecule has 1 atom stereocenters. The first-order chi connectivity index (χ1) is 10.4. The number of rotatable bonds is 4. The summed E-state index contributed by atoms with van der Waals surface area (Å²) in [6.07, 6.45) is 17.3. The molecule has 2 heteroatoms. The Bertz CT molecular complexity index is 292. The molecular formula is C19H35NO. The zero-order valence-corrected chi connectivity index (χ0v) is 13.8. The molecule has 2 nitrogen and oxygen atoms in total. The molecule has 0 aromatic rings. The number of hydrogen-bond donors (Lipinski definition) is 1. The minimum absolute atomic E-state index is 0.372. The topological polar surface area (TPSA) is 23.5 Å². The van der Waals surface area contributed by atoms with Crippen molar-refractivity contribution in [2.75, 3.05) is 19.7 Å². The van der Waals surface area contributed by atoms with Crippen molar-refractivity contribution in [2.24, 2.45) is 17.8 Å². The summed E-state index contributed by atoms with van der Waals surface area (Å²) in [5.41, 5.74) is 0. The molecule has 0 amide bonds. The molecule has 0 spiro atoms. The third-order valence-corrected chi connectivity index (χ3v) is 6.66. The van der Waals surface area contributed by atoms with Crippen LogP contribution in [0.2, 0.25) is 0 Å². The quantitative estimate of drug-likeness (QED) is 0.839. The van der Waals surface area contributed by atoms with Crippen molar-refractivity contribution in [1.29, 1.82) is 0 Å². The highest BCUT2D eigenvalue weighted by molar-refractivity contribution is 4.83. The van der Waals surface area contributed by atoms with Crippen LogP contribution in [0.15, 0.2) is 0 Å². The van der Waals surface area contributed by atoms with Gasteiger partial charge in [0.1, 0.15) is 0 Å². The van der Waals surface area contributed by atoms with Crippen LogP contribution < -0.4 is 0 Å². The van der Waals surface area contributed by atoms with Crippen LogP contribution in [0.4, 0.5) is 0 Å². The van der Waals surface area contributed by atoms with Crippen molar-refractivity contribution in [2.45, 2.75) is 83.1 Å². The van der Waals surface area contributed by atoms with E-state index in [1.165, 1.54) is 90.1 Å². The first kappa shape index (κ1) is 15.8. The third kappa shape index (κ3) is 4.22. The molecule has 1 saturated heterocycles. The van der Waals surface area contributed by atoms with E-state index in [2.05, 4.69) is 4.90 Å². The van der Waals surface area contributed by atoms with Crippen LogP contribution in [0.5, 0.6) is 0 Å². The van der Waals surface area contributed by atoms with Crippen molar-refractivity contribution in [3.8, 4) is 0 Å². The standard InChI is InChI=1S/C19H35NO/c21-15-19-8-4-5-13-20(19)14-16-9-11-18(12-10-16)17-6-2-1-3-7-17/h16-19,21H,1-15H2. The van der Waals surface area contributed by atoms with Gasteiger partial charge in [-0.1, -0.05) is 38.5 Å². The largest absolute Gasteiger partial charge is 0.395 e. The molecule has 3 aliphatic rings. The Kier molecular flexibility index (Phi) is 5.99. The highest BCUT2D eigenvalue weighted by atomic mass is 16.3. The van der Waals surface area contributed by atoms with Crippen LogP contribution >= 0.6 is 0 Å². The molecule has 1 unspecified atom stereocenters. The molecule has 1 heterocycles. The Morgan fingerprint density at radius 1 is 0.714 bits per heavy atom. The maximum Gasteiger partial charge on any atom is 0.0586 e. The fourth-order valence-corrected chi connectivity index (χ4v) is 5.29. The highest BCUT2D eigenvalue weighted by Crippen LogP contribution is 2.40. The predicted molar refractivity (Wildman–Crippen MR) is 88.3 cm³/mol. The summed E-state index contributed by atoms with van der Waals surface area (Å²) in [6.45, 7) is 2.87. The summed E-state index contributed by atoms with van der Waals surface area (Å²) < 4.78 is 0. The molecule has 2 aliphatic carbocycles. The van der Waals surface area contributed by atoms with Gasteiger partial charge in [0.15, 0.2) is 0 Å². The second kappa shape index (κ2) is 7.97. The number of hydrogen-bond acceptors (Lipinski definition) is 2. The van der Waals surface area contributed by atoms with Crippen molar-refractivity contribution < 1.29 is 5.11 Å². The molecule has 122 valence electrons. The molecule has 1 aliphatic heterocycles. The van der Waals surface area contributed by atoms with Crippen molar-refractivity contribution in [3.05, 3.63) is 0 Å². The van der Waals surface area contributed by atoms with Gasteiger partial charge in [-0.2, -0.15) is 0 Å². The zero-order chi connectivity index (χ0) is 14.5. The number of aliphatic hydroxyl groups excluding tert-OH is 1. The lowest BCUT2D eigenvalue weighted by atomic mass is 9.71. The van der Waals surface area contributed by atoms with Gasteiger partial charge < -0.3 is 5.11 Å². The Labute approximate surface area is 131 Å². The van der Waals surface area contributed by atoms with Crippen molar-refractivity contribution in [1.82, 2.24) is 4.90 Å². The van der Waals surface area contributed by atoms with Crippen LogP contribution in [0.25, 0.3) is 0 Å². The summed E-state index contributed by atoms with van der Waals surface area (Å²) in [7, 11) is 0. The van der Waals surface area contributed by atoms with Crippen molar-refractivity contribution >= 4 is 0 Å². The first-order valence-corrected chi connectivity index (χ1v) is 9.71. The Hall–Kier alpha value is -0.0800. The van der Waals surface area contributed by atoms with Gasteiger partial charge in [-0.25, -0.2) is 0 Å². The van der Waals surface area contributed by atoms with E-state index in [1.54, 1.807) is 0 Å². The molecule has 3 rings (SSSR count). The minimum atomic E-state index is 0.372. The summed E-state index contributed by atoms with van der Waals surface area (Å²) in [5.74, 6) is 3.04. The van der Waals surface area contributed by atoms with Crippen LogP contribution in [-0.4, -0.2) is 35.7 Å². The third-order valence-electron chi connectivity index (χ3n) is 6.66. The van der Waals surface area contributed by atoms with Crippen molar-refractivity contribution in [3.63, 3.8) is 0 Å². The second-order valence-corrected chi connectivity index (χ2v) is 8.01. The average Bonchev–Trinajstić information content (AvgIpc) is 2.57. The molecule has 3 fully saturated rings. The van der Waals surface area contributed by atoms with E-state index in [1.807, 2.05) is 0 Å². The van der Waals surface area contributed by atoms with E-state index < -0.39 is 0 Å². The lowest BCUT2D eigenvalue weighted by molar-refractivity contribution is 0.0609. The Morgan fingerprint density at radius 3 is 2.10 bits per heavy atom. The van der Waals surface area contributed by atoms with Crippen LogP contribution in [0.3, 0.4) is 0 Å². The lowest BCUT2D eigenvalue weighted by Gasteiger charge is -2.40. The highest BCUT2D eigenvalue weighted by Gasteiger charge is 2.30. The fraction of sp³-hybridized carbons (Fsp3) is 1.00. The first-order valence-electron chi connectivity index (χ1n) is 9.71. The molecule has 0 aromatic carbocycles. The van der Waals surface area contributed by atoms with E-state index in [0.717, 1.165) is 17.8 Å². The van der Waals surface area contributed by atoms with Crippen LogP contribution in [0, 0.1) is 17.8 Å². The summed E-state index contributed by atoms with van der Waals surface area (Å²) in [6, 6.07) is 0.467. The van der Waals surface area contributed by atoms with Gasteiger partial charge in [-0.15, -0.1) is 0 Å². The summed E-state index contributed by atoms with van der Waals surface area (Å²) >= 11 is 0.